The fourth-order valence-electron chi connectivity index (χ4n) is 1.79. The third-order valence-corrected chi connectivity index (χ3v) is 3.23. The fraction of sp³-hybridized carbons (Fsp3) is 0.133. The van der Waals surface area contributed by atoms with Crippen molar-refractivity contribution in [1.82, 2.24) is 0 Å². The van der Waals surface area contributed by atoms with Crippen molar-refractivity contribution in [3.8, 4) is 5.75 Å². The van der Waals surface area contributed by atoms with Gasteiger partial charge in [-0.25, -0.2) is 0 Å². The van der Waals surface area contributed by atoms with Gasteiger partial charge in [-0.2, -0.15) is 0 Å². The number of oxime groups is 1. The molecule has 0 spiro atoms. The molecule has 104 valence electrons. The van der Waals surface area contributed by atoms with E-state index in [1.165, 1.54) is 0 Å². The van der Waals surface area contributed by atoms with Gasteiger partial charge in [-0.15, -0.1) is 0 Å². The number of hydrogen-bond donors (Lipinski definition) is 2. The average molecular weight is 291 g/mol. The van der Waals surface area contributed by atoms with Crippen molar-refractivity contribution in [2.75, 3.05) is 0 Å². The third-order valence-electron chi connectivity index (χ3n) is 2.86. The van der Waals surface area contributed by atoms with Crippen LogP contribution in [0, 0.1) is 6.92 Å². The quantitative estimate of drug-likeness (QED) is 0.393. The van der Waals surface area contributed by atoms with Gasteiger partial charge in [0.1, 0.15) is 12.4 Å². The van der Waals surface area contributed by atoms with Gasteiger partial charge >= 0.3 is 0 Å². The van der Waals surface area contributed by atoms with Crippen LogP contribution in [0.2, 0.25) is 5.02 Å². The molecule has 0 aliphatic rings. The molecule has 0 aliphatic carbocycles. The Balaban J connectivity index is 2.24. The summed E-state index contributed by atoms with van der Waals surface area (Å²) in [4.78, 5) is 0. The van der Waals surface area contributed by atoms with Crippen LogP contribution < -0.4 is 10.5 Å². The van der Waals surface area contributed by atoms with E-state index in [1.54, 1.807) is 18.2 Å². The van der Waals surface area contributed by atoms with E-state index in [1.807, 2.05) is 31.2 Å². The van der Waals surface area contributed by atoms with Gasteiger partial charge in [-0.3, -0.25) is 0 Å². The standard InChI is InChI=1S/C15H15ClN2O2/c1-10-6-7-14(12(8-10)15(17)18-19)20-9-11-4-2-3-5-13(11)16/h2-8,19H,9H2,1H3,(H2,17,18). The topological polar surface area (TPSA) is 67.8 Å². The fourth-order valence-corrected chi connectivity index (χ4v) is 1.98. The zero-order valence-electron chi connectivity index (χ0n) is 11.0. The lowest BCUT2D eigenvalue weighted by molar-refractivity contribution is 0.303. The van der Waals surface area contributed by atoms with E-state index in [0.717, 1.165) is 11.1 Å². The molecule has 0 fully saturated rings. The maximum absolute atomic E-state index is 8.82. The summed E-state index contributed by atoms with van der Waals surface area (Å²) in [7, 11) is 0. The second-order valence-corrected chi connectivity index (χ2v) is 4.77. The molecule has 2 aromatic carbocycles. The minimum Gasteiger partial charge on any atom is -0.488 e. The van der Waals surface area contributed by atoms with Gasteiger partial charge in [0.05, 0.1) is 5.56 Å². The number of amidine groups is 1. The Morgan fingerprint density at radius 2 is 2.05 bits per heavy atom. The van der Waals surface area contributed by atoms with E-state index in [-0.39, 0.29) is 5.84 Å². The number of nitrogens with zero attached hydrogens (tertiary/aromatic N) is 1. The lowest BCUT2D eigenvalue weighted by Gasteiger charge is -2.12. The van der Waals surface area contributed by atoms with E-state index < -0.39 is 0 Å². The molecule has 0 amide bonds. The van der Waals surface area contributed by atoms with Crippen LogP contribution >= 0.6 is 11.6 Å². The smallest absolute Gasteiger partial charge is 0.173 e. The Labute approximate surface area is 122 Å². The van der Waals surface area contributed by atoms with Gasteiger partial charge in [0.15, 0.2) is 5.84 Å². The van der Waals surface area contributed by atoms with E-state index >= 15 is 0 Å². The second-order valence-electron chi connectivity index (χ2n) is 4.36. The normalized spacial score (nSPS) is 11.4. The first-order valence-corrected chi connectivity index (χ1v) is 6.44. The van der Waals surface area contributed by atoms with Crippen LogP contribution in [-0.2, 0) is 6.61 Å². The largest absolute Gasteiger partial charge is 0.488 e. The first-order chi connectivity index (χ1) is 9.61. The van der Waals surface area contributed by atoms with E-state index in [9.17, 15) is 0 Å². The Morgan fingerprint density at radius 1 is 1.30 bits per heavy atom. The van der Waals surface area contributed by atoms with Gasteiger partial charge in [0.25, 0.3) is 0 Å². The first-order valence-electron chi connectivity index (χ1n) is 6.06. The lowest BCUT2D eigenvalue weighted by Crippen LogP contribution is -2.15. The van der Waals surface area contributed by atoms with Crippen LogP contribution in [0.25, 0.3) is 0 Å². The van der Waals surface area contributed by atoms with Gasteiger partial charge < -0.3 is 15.7 Å². The molecule has 2 rings (SSSR count). The molecular formula is C15H15ClN2O2. The van der Waals surface area contributed by atoms with E-state index in [0.29, 0.717) is 22.9 Å². The molecular weight excluding hydrogens is 276 g/mol. The molecule has 4 nitrogen and oxygen atoms in total. The first kappa shape index (κ1) is 14.2. The van der Waals surface area contributed by atoms with E-state index in [2.05, 4.69) is 5.16 Å². The summed E-state index contributed by atoms with van der Waals surface area (Å²) < 4.78 is 5.73. The average Bonchev–Trinajstić information content (AvgIpc) is 2.46. The molecule has 0 atom stereocenters. The number of rotatable bonds is 4. The predicted molar refractivity (Wildman–Crippen MR) is 79.5 cm³/mol. The summed E-state index contributed by atoms with van der Waals surface area (Å²) in [5, 5.41) is 12.5. The summed E-state index contributed by atoms with van der Waals surface area (Å²) in [6.45, 7) is 2.24. The Kier molecular flexibility index (Phi) is 4.48. The van der Waals surface area contributed by atoms with Crippen molar-refractivity contribution in [1.29, 1.82) is 0 Å². The Morgan fingerprint density at radius 3 is 2.75 bits per heavy atom. The Bertz CT molecular complexity index is 642. The van der Waals surface area contributed by atoms with Gasteiger partial charge in [0.2, 0.25) is 0 Å². The van der Waals surface area contributed by atoms with Crippen LogP contribution in [0.4, 0.5) is 0 Å². The number of halogens is 1. The summed E-state index contributed by atoms with van der Waals surface area (Å²) in [5.41, 5.74) is 8.08. The highest BCUT2D eigenvalue weighted by molar-refractivity contribution is 6.31. The SMILES string of the molecule is Cc1ccc(OCc2ccccc2Cl)c(/C(N)=N/O)c1. The maximum Gasteiger partial charge on any atom is 0.173 e. The van der Waals surface area contributed by atoms with Crippen molar-refractivity contribution in [3.05, 3.63) is 64.2 Å². The molecule has 0 aliphatic heterocycles. The highest BCUT2D eigenvalue weighted by atomic mass is 35.5. The van der Waals surface area contributed by atoms with Gasteiger partial charge in [0, 0.05) is 10.6 Å². The number of nitrogens with two attached hydrogens (primary N) is 1. The molecule has 0 saturated carbocycles. The highest BCUT2D eigenvalue weighted by Gasteiger charge is 2.09. The van der Waals surface area contributed by atoms with Crippen LogP contribution in [0.15, 0.2) is 47.6 Å². The summed E-state index contributed by atoms with van der Waals surface area (Å²) in [6, 6.07) is 12.9. The van der Waals surface area contributed by atoms with Crippen LogP contribution in [-0.4, -0.2) is 11.0 Å². The molecule has 0 radical (unpaired) electrons. The molecule has 0 heterocycles. The molecule has 20 heavy (non-hydrogen) atoms. The number of aryl methyl sites for hydroxylation is 1. The maximum atomic E-state index is 8.82. The van der Waals surface area contributed by atoms with Gasteiger partial charge in [-0.05, 0) is 25.1 Å². The number of ether oxygens (including phenoxy) is 1. The lowest BCUT2D eigenvalue weighted by atomic mass is 10.1. The zero-order valence-corrected chi connectivity index (χ0v) is 11.8. The zero-order chi connectivity index (χ0) is 14.5. The van der Waals surface area contributed by atoms with E-state index in [4.69, 9.17) is 27.3 Å². The van der Waals surface area contributed by atoms with Gasteiger partial charge in [-0.1, -0.05) is 46.6 Å². The second kappa shape index (κ2) is 6.30. The van der Waals surface area contributed by atoms with Crippen molar-refractivity contribution in [2.24, 2.45) is 10.9 Å². The summed E-state index contributed by atoms with van der Waals surface area (Å²) >= 11 is 6.08. The van der Waals surface area contributed by atoms with Crippen molar-refractivity contribution in [2.45, 2.75) is 13.5 Å². The minimum absolute atomic E-state index is 0.0165. The molecule has 2 aromatic rings. The van der Waals surface area contributed by atoms with Crippen LogP contribution in [0.1, 0.15) is 16.7 Å². The number of hydrogen-bond acceptors (Lipinski definition) is 3. The third kappa shape index (κ3) is 3.22. The molecule has 5 heteroatoms. The molecule has 0 bridgehead atoms. The Hall–Kier alpha value is -2.20. The molecule has 0 unspecified atom stereocenters. The molecule has 0 saturated heterocycles. The highest BCUT2D eigenvalue weighted by Crippen LogP contribution is 2.23. The minimum atomic E-state index is 0.0165. The molecule has 0 aromatic heterocycles. The monoisotopic (exact) mass is 290 g/mol. The van der Waals surface area contributed by atoms with Crippen molar-refractivity contribution in [3.63, 3.8) is 0 Å². The van der Waals surface area contributed by atoms with Crippen LogP contribution in [0.5, 0.6) is 5.75 Å². The summed E-state index contributed by atoms with van der Waals surface area (Å²) in [6.07, 6.45) is 0. The van der Waals surface area contributed by atoms with Crippen LogP contribution in [0.3, 0.4) is 0 Å². The van der Waals surface area contributed by atoms with Crippen molar-refractivity contribution >= 4 is 17.4 Å². The number of benzene rings is 2. The van der Waals surface area contributed by atoms with Crippen molar-refractivity contribution < 1.29 is 9.94 Å². The predicted octanol–water partition coefficient (Wildman–Crippen LogP) is 3.32. The summed E-state index contributed by atoms with van der Waals surface area (Å²) in [5.74, 6) is 0.564. The molecule has 3 N–H and O–H groups in total.